The number of aliphatic carboxylic acids is 1. The summed E-state index contributed by atoms with van der Waals surface area (Å²) in [5.41, 5.74) is 0.716. The molecule has 0 heterocycles. The summed E-state index contributed by atoms with van der Waals surface area (Å²) in [5.74, 6) is -5.69. The second-order valence-electron chi connectivity index (χ2n) is 3.00. The van der Waals surface area contributed by atoms with E-state index in [1.54, 1.807) is 30.3 Å². The number of alkyl halides is 2. The number of benzene rings is 1. The van der Waals surface area contributed by atoms with Crippen LogP contribution in [0.4, 0.5) is 8.78 Å². The molecule has 0 aliphatic rings. The van der Waals surface area contributed by atoms with Gasteiger partial charge in [-0.2, -0.15) is 8.78 Å². The van der Waals surface area contributed by atoms with Crippen LogP contribution in [0.15, 0.2) is 30.3 Å². The van der Waals surface area contributed by atoms with Gasteiger partial charge in [0, 0.05) is 6.42 Å². The summed E-state index contributed by atoms with van der Waals surface area (Å²) in [4.78, 5) is 10.1. The highest BCUT2D eigenvalue weighted by Crippen LogP contribution is 2.20. The van der Waals surface area contributed by atoms with Gasteiger partial charge in [-0.15, -0.1) is 17.0 Å². The molecule has 0 amide bonds. The van der Waals surface area contributed by atoms with Gasteiger partial charge in [0.15, 0.2) is 0 Å². The Balaban J connectivity index is 0.00000196. The molecule has 0 fully saturated rings. The second-order valence-corrected chi connectivity index (χ2v) is 3.00. The van der Waals surface area contributed by atoms with Crippen LogP contribution < -0.4 is 0 Å². The zero-order valence-electron chi connectivity index (χ0n) is 7.82. The Kier molecular flexibility index (Phi) is 5.43. The summed E-state index contributed by atoms with van der Waals surface area (Å²) in [6.07, 6.45) is -0.591. The van der Waals surface area contributed by atoms with Crippen molar-refractivity contribution < 1.29 is 18.7 Å². The van der Waals surface area contributed by atoms with Crippen LogP contribution in [0.2, 0.25) is 0 Å². The average Bonchev–Trinajstić information content (AvgIpc) is 2.16. The quantitative estimate of drug-likeness (QED) is 0.921. The minimum atomic E-state index is -3.63. The van der Waals surface area contributed by atoms with E-state index in [1.165, 1.54) is 0 Å². The number of hydrogen-bond donors (Lipinski definition) is 1. The van der Waals surface area contributed by atoms with Crippen LogP contribution in [0.5, 0.6) is 0 Å². The average molecular weight is 281 g/mol. The first-order chi connectivity index (χ1) is 6.52. The monoisotopic (exact) mass is 280 g/mol. The lowest BCUT2D eigenvalue weighted by Crippen LogP contribution is -2.28. The van der Waals surface area contributed by atoms with E-state index in [1.807, 2.05) is 0 Å². The lowest BCUT2D eigenvalue weighted by molar-refractivity contribution is -0.165. The summed E-state index contributed by atoms with van der Waals surface area (Å²) >= 11 is 0. The standard InChI is InChI=1S/C10H10F2O2.BrH/c11-10(12,9(13)14)7-6-8-4-2-1-3-5-8;/h1-5H,6-7H2,(H,13,14);1H. The maximum absolute atomic E-state index is 12.6. The summed E-state index contributed by atoms with van der Waals surface area (Å²) in [6, 6.07) is 8.62. The third-order valence-corrected chi connectivity index (χ3v) is 1.88. The predicted octanol–water partition coefficient (Wildman–Crippen LogP) is 2.92. The molecule has 0 saturated carbocycles. The number of rotatable bonds is 4. The van der Waals surface area contributed by atoms with Crippen molar-refractivity contribution in [3.8, 4) is 0 Å². The topological polar surface area (TPSA) is 37.3 Å². The van der Waals surface area contributed by atoms with Crippen LogP contribution in [-0.2, 0) is 11.2 Å². The second kappa shape index (κ2) is 5.80. The molecule has 0 radical (unpaired) electrons. The highest BCUT2D eigenvalue weighted by Gasteiger charge is 2.37. The van der Waals surface area contributed by atoms with Gasteiger partial charge in [0.1, 0.15) is 0 Å². The van der Waals surface area contributed by atoms with Gasteiger partial charge in [0.2, 0.25) is 0 Å². The number of carboxylic acids is 1. The van der Waals surface area contributed by atoms with Crippen molar-refractivity contribution in [1.82, 2.24) is 0 Å². The summed E-state index contributed by atoms with van der Waals surface area (Å²) in [7, 11) is 0. The van der Waals surface area contributed by atoms with E-state index in [4.69, 9.17) is 5.11 Å². The van der Waals surface area contributed by atoms with Crippen LogP contribution >= 0.6 is 17.0 Å². The molecule has 0 saturated heterocycles. The molecular formula is C10H11BrF2O2. The fraction of sp³-hybridized carbons (Fsp3) is 0.300. The maximum Gasteiger partial charge on any atom is 0.374 e. The molecule has 0 aliphatic carbocycles. The molecule has 0 aliphatic heterocycles. The van der Waals surface area contributed by atoms with Gasteiger partial charge in [0.25, 0.3) is 0 Å². The first-order valence-corrected chi connectivity index (χ1v) is 4.17. The third kappa shape index (κ3) is 4.38. The summed E-state index contributed by atoms with van der Waals surface area (Å²) in [6.45, 7) is 0. The Morgan fingerprint density at radius 2 is 1.80 bits per heavy atom. The molecule has 0 spiro atoms. The van der Waals surface area contributed by atoms with E-state index in [0.717, 1.165) is 0 Å². The smallest absolute Gasteiger partial charge is 0.374 e. The lowest BCUT2D eigenvalue weighted by Gasteiger charge is -2.10. The van der Waals surface area contributed by atoms with Gasteiger partial charge >= 0.3 is 11.9 Å². The number of carbonyl (C=O) groups is 1. The van der Waals surface area contributed by atoms with Gasteiger partial charge in [-0.3, -0.25) is 0 Å². The minimum absolute atomic E-state index is 0. The van der Waals surface area contributed by atoms with Crippen molar-refractivity contribution in [2.75, 3.05) is 0 Å². The first kappa shape index (κ1) is 14.0. The molecular weight excluding hydrogens is 270 g/mol. The highest BCUT2D eigenvalue weighted by atomic mass is 79.9. The van der Waals surface area contributed by atoms with Crippen LogP contribution in [0, 0.1) is 0 Å². The molecule has 1 N–H and O–H groups in total. The Morgan fingerprint density at radius 3 is 2.27 bits per heavy atom. The maximum atomic E-state index is 12.6. The molecule has 5 heteroatoms. The molecule has 15 heavy (non-hydrogen) atoms. The predicted molar refractivity (Wildman–Crippen MR) is 57.7 cm³/mol. The Bertz CT molecular complexity index is 314. The fourth-order valence-corrected chi connectivity index (χ4v) is 1.05. The van der Waals surface area contributed by atoms with Crippen LogP contribution in [0.3, 0.4) is 0 Å². The van der Waals surface area contributed by atoms with Crippen molar-refractivity contribution in [3.05, 3.63) is 35.9 Å². The zero-order valence-corrected chi connectivity index (χ0v) is 9.53. The Hall–Kier alpha value is -0.970. The molecule has 1 aromatic rings. The van der Waals surface area contributed by atoms with E-state index in [0.29, 0.717) is 5.56 Å². The molecule has 1 rings (SSSR count). The lowest BCUT2D eigenvalue weighted by atomic mass is 10.1. The normalized spacial score (nSPS) is 10.5. The fourth-order valence-electron chi connectivity index (χ4n) is 1.05. The summed E-state index contributed by atoms with van der Waals surface area (Å²) in [5, 5.41) is 8.17. The van der Waals surface area contributed by atoms with Gasteiger partial charge in [-0.1, -0.05) is 30.3 Å². The third-order valence-electron chi connectivity index (χ3n) is 1.88. The van der Waals surface area contributed by atoms with Crippen LogP contribution in [0.25, 0.3) is 0 Å². The molecule has 0 unspecified atom stereocenters. The molecule has 2 nitrogen and oxygen atoms in total. The first-order valence-electron chi connectivity index (χ1n) is 4.17. The van der Waals surface area contributed by atoms with Crippen molar-refractivity contribution in [2.24, 2.45) is 0 Å². The molecule has 0 bridgehead atoms. The van der Waals surface area contributed by atoms with E-state index >= 15 is 0 Å². The van der Waals surface area contributed by atoms with Crippen LogP contribution in [-0.4, -0.2) is 17.0 Å². The molecule has 0 aromatic heterocycles. The molecule has 84 valence electrons. The Labute approximate surface area is 96.7 Å². The highest BCUT2D eigenvalue weighted by molar-refractivity contribution is 8.93. The zero-order chi connectivity index (χ0) is 10.6. The van der Waals surface area contributed by atoms with E-state index in [-0.39, 0.29) is 23.4 Å². The van der Waals surface area contributed by atoms with Gasteiger partial charge in [-0.25, -0.2) is 4.79 Å². The largest absolute Gasteiger partial charge is 0.477 e. The molecule has 0 atom stereocenters. The van der Waals surface area contributed by atoms with Crippen molar-refractivity contribution >= 4 is 23.0 Å². The van der Waals surface area contributed by atoms with E-state index in [2.05, 4.69) is 0 Å². The SMILES string of the molecule is Br.O=C(O)C(F)(F)CCc1ccccc1. The van der Waals surface area contributed by atoms with Gasteiger partial charge in [0.05, 0.1) is 0 Å². The number of aryl methyl sites for hydroxylation is 1. The number of hydrogen-bond acceptors (Lipinski definition) is 1. The number of carboxylic acid groups (broad SMARTS) is 1. The van der Waals surface area contributed by atoms with E-state index in [9.17, 15) is 13.6 Å². The van der Waals surface area contributed by atoms with Gasteiger partial charge < -0.3 is 5.11 Å². The minimum Gasteiger partial charge on any atom is -0.477 e. The van der Waals surface area contributed by atoms with Gasteiger partial charge in [-0.05, 0) is 12.0 Å². The van der Waals surface area contributed by atoms with Crippen molar-refractivity contribution in [2.45, 2.75) is 18.8 Å². The number of halogens is 3. The Morgan fingerprint density at radius 1 is 1.27 bits per heavy atom. The van der Waals surface area contributed by atoms with Crippen LogP contribution in [0.1, 0.15) is 12.0 Å². The van der Waals surface area contributed by atoms with Crippen molar-refractivity contribution in [1.29, 1.82) is 0 Å². The molecule has 1 aromatic carbocycles. The summed E-state index contributed by atoms with van der Waals surface area (Å²) < 4.78 is 25.3. The van der Waals surface area contributed by atoms with E-state index < -0.39 is 18.3 Å². The van der Waals surface area contributed by atoms with Crippen molar-refractivity contribution in [3.63, 3.8) is 0 Å².